The van der Waals surface area contributed by atoms with Crippen LogP contribution in [0, 0.1) is 5.82 Å². The molecule has 0 heterocycles. The Balaban J connectivity index is 2.36. The quantitative estimate of drug-likeness (QED) is 0.892. The molecule has 2 N–H and O–H groups in total. The van der Waals surface area contributed by atoms with Crippen LogP contribution in [0.25, 0.3) is 0 Å². The van der Waals surface area contributed by atoms with Crippen LogP contribution >= 0.6 is 23.2 Å². The molecule has 1 amide bonds. The zero-order chi connectivity index (χ0) is 15.6. The molecule has 108 valence electrons. The number of carbonyl (C=O) groups is 2. The Kier molecular flexibility index (Phi) is 4.45. The van der Waals surface area contributed by atoms with Gasteiger partial charge < -0.3 is 10.4 Å². The monoisotopic (exact) mass is 327 g/mol. The van der Waals surface area contributed by atoms with Crippen LogP contribution in [0.5, 0.6) is 0 Å². The van der Waals surface area contributed by atoms with Gasteiger partial charge in [-0.1, -0.05) is 29.3 Å². The maximum atomic E-state index is 13.5. The number of hydrogen-bond donors (Lipinski definition) is 2. The Morgan fingerprint density at radius 2 is 1.71 bits per heavy atom. The van der Waals surface area contributed by atoms with Crippen molar-refractivity contribution < 1.29 is 19.1 Å². The number of amides is 1. The number of nitrogens with one attached hydrogen (secondary N) is 1. The van der Waals surface area contributed by atoms with E-state index in [1.165, 1.54) is 30.3 Å². The Hall–Kier alpha value is -2.11. The van der Waals surface area contributed by atoms with Gasteiger partial charge in [0, 0.05) is 15.6 Å². The fourth-order valence-electron chi connectivity index (χ4n) is 1.73. The number of carboxylic acids is 1. The second-order valence-electron chi connectivity index (χ2n) is 4.08. The van der Waals surface area contributed by atoms with Gasteiger partial charge in [0.2, 0.25) is 0 Å². The molecule has 21 heavy (non-hydrogen) atoms. The predicted molar refractivity (Wildman–Crippen MR) is 77.8 cm³/mol. The van der Waals surface area contributed by atoms with Gasteiger partial charge in [-0.15, -0.1) is 0 Å². The largest absolute Gasteiger partial charge is 0.478 e. The molecule has 4 nitrogen and oxygen atoms in total. The first-order valence-electron chi connectivity index (χ1n) is 5.67. The van der Waals surface area contributed by atoms with Gasteiger partial charge in [-0.2, -0.15) is 0 Å². The minimum absolute atomic E-state index is 0.133. The lowest BCUT2D eigenvalue weighted by molar-refractivity contribution is 0.0693. The van der Waals surface area contributed by atoms with E-state index < -0.39 is 23.3 Å². The minimum atomic E-state index is -1.48. The predicted octanol–water partition coefficient (Wildman–Crippen LogP) is 4.08. The number of anilines is 1. The Morgan fingerprint density at radius 1 is 1.10 bits per heavy atom. The third-order valence-corrected chi connectivity index (χ3v) is 3.04. The summed E-state index contributed by atoms with van der Waals surface area (Å²) in [7, 11) is 0. The van der Waals surface area contributed by atoms with Crippen LogP contribution in [-0.2, 0) is 0 Å². The Labute approximate surface area is 129 Å². The fourth-order valence-corrected chi connectivity index (χ4v) is 2.25. The van der Waals surface area contributed by atoms with Gasteiger partial charge in [-0.3, -0.25) is 4.79 Å². The Morgan fingerprint density at radius 3 is 2.29 bits per heavy atom. The second kappa shape index (κ2) is 6.11. The number of halogens is 3. The zero-order valence-corrected chi connectivity index (χ0v) is 11.9. The number of aromatic carboxylic acids is 1. The van der Waals surface area contributed by atoms with E-state index in [1.54, 1.807) is 0 Å². The SMILES string of the molecule is O=C(Nc1cccc(F)c1C(=O)O)c1cc(Cl)cc(Cl)c1. The van der Waals surface area contributed by atoms with E-state index >= 15 is 0 Å². The number of carboxylic acid groups (broad SMARTS) is 1. The topological polar surface area (TPSA) is 66.4 Å². The number of carbonyl (C=O) groups excluding carboxylic acids is 1. The minimum Gasteiger partial charge on any atom is -0.478 e. The van der Waals surface area contributed by atoms with Crippen LogP contribution in [0.4, 0.5) is 10.1 Å². The van der Waals surface area contributed by atoms with Crippen LogP contribution in [0.2, 0.25) is 10.0 Å². The van der Waals surface area contributed by atoms with Crippen molar-refractivity contribution in [1.29, 1.82) is 0 Å². The Bertz CT molecular complexity index is 714. The highest BCUT2D eigenvalue weighted by Crippen LogP contribution is 2.22. The van der Waals surface area contributed by atoms with Crippen molar-refractivity contribution in [2.75, 3.05) is 5.32 Å². The standard InChI is InChI=1S/C14H8Cl2FNO3/c15-8-4-7(5-9(16)6-8)13(19)18-11-3-1-2-10(17)12(11)14(20)21/h1-6H,(H,18,19)(H,20,21). The molecule has 0 spiro atoms. The molecule has 0 aliphatic rings. The molecule has 0 fully saturated rings. The zero-order valence-electron chi connectivity index (χ0n) is 10.4. The van der Waals surface area contributed by atoms with Crippen molar-refractivity contribution in [1.82, 2.24) is 0 Å². The molecule has 0 aromatic heterocycles. The third-order valence-electron chi connectivity index (χ3n) is 2.60. The molecule has 2 rings (SSSR count). The van der Waals surface area contributed by atoms with Crippen molar-refractivity contribution in [3.8, 4) is 0 Å². The molecule has 2 aromatic carbocycles. The summed E-state index contributed by atoms with van der Waals surface area (Å²) in [6.07, 6.45) is 0. The lowest BCUT2D eigenvalue weighted by atomic mass is 10.1. The molecule has 0 saturated carbocycles. The molecule has 0 saturated heterocycles. The van der Waals surface area contributed by atoms with Gasteiger partial charge in [0.1, 0.15) is 11.4 Å². The number of benzene rings is 2. The lowest BCUT2D eigenvalue weighted by Gasteiger charge is -2.09. The molecule has 0 aliphatic carbocycles. The van der Waals surface area contributed by atoms with Crippen molar-refractivity contribution in [2.45, 2.75) is 0 Å². The molecular formula is C14H8Cl2FNO3. The maximum absolute atomic E-state index is 13.5. The average molecular weight is 328 g/mol. The number of rotatable bonds is 3. The highest BCUT2D eigenvalue weighted by Gasteiger charge is 2.18. The first kappa shape index (κ1) is 15.3. The van der Waals surface area contributed by atoms with Gasteiger partial charge in [0.05, 0.1) is 5.69 Å². The van der Waals surface area contributed by atoms with E-state index in [1.807, 2.05) is 0 Å². The van der Waals surface area contributed by atoms with E-state index in [-0.39, 0.29) is 21.3 Å². The summed E-state index contributed by atoms with van der Waals surface area (Å²) in [5, 5.41) is 11.8. The lowest BCUT2D eigenvalue weighted by Crippen LogP contribution is -2.15. The van der Waals surface area contributed by atoms with Gasteiger partial charge >= 0.3 is 5.97 Å². The normalized spacial score (nSPS) is 10.2. The van der Waals surface area contributed by atoms with E-state index in [0.29, 0.717) is 0 Å². The van der Waals surface area contributed by atoms with Crippen LogP contribution < -0.4 is 5.32 Å². The molecule has 7 heteroatoms. The first-order chi connectivity index (χ1) is 9.88. The molecule has 0 unspecified atom stereocenters. The summed E-state index contributed by atoms with van der Waals surface area (Å²) in [6, 6.07) is 7.75. The first-order valence-corrected chi connectivity index (χ1v) is 6.43. The van der Waals surface area contributed by atoms with Crippen LogP contribution in [0.1, 0.15) is 20.7 Å². The molecule has 0 bridgehead atoms. The maximum Gasteiger partial charge on any atom is 0.340 e. The summed E-state index contributed by atoms with van der Waals surface area (Å²) < 4.78 is 13.5. The summed E-state index contributed by atoms with van der Waals surface area (Å²) in [6.45, 7) is 0. The van der Waals surface area contributed by atoms with E-state index in [4.69, 9.17) is 28.3 Å². The molecule has 0 atom stereocenters. The summed E-state index contributed by atoms with van der Waals surface area (Å²) in [4.78, 5) is 23.1. The van der Waals surface area contributed by atoms with Gasteiger partial charge in [0.15, 0.2) is 0 Å². The van der Waals surface area contributed by atoms with Crippen molar-refractivity contribution in [2.24, 2.45) is 0 Å². The van der Waals surface area contributed by atoms with E-state index in [0.717, 1.165) is 6.07 Å². The summed E-state index contributed by atoms with van der Waals surface area (Å²) in [5.41, 5.74) is -0.629. The highest BCUT2D eigenvalue weighted by atomic mass is 35.5. The molecule has 2 aromatic rings. The van der Waals surface area contributed by atoms with Gasteiger partial charge in [-0.25, -0.2) is 9.18 Å². The fraction of sp³-hybridized carbons (Fsp3) is 0. The van der Waals surface area contributed by atoms with Gasteiger partial charge in [-0.05, 0) is 30.3 Å². The average Bonchev–Trinajstić information content (AvgIpc) is 2.37. The smallest absolute Gasteiger partial charge is 0.340 e. The van der Waals surface area contributed by atoms with Crippen LogP contribution in [-0.4, -0.2) is 17.0 Å². The van der Waals surface area contributed by atoms with Gasteiger partial charge in [0.25, 0.3) is 5.91 Å². The van der Waals surface area contributed by atoms with E-state index in [9.17, 15) is 14.0 Å². The second-order valence-corrected chi connectivity index (χ2v) is 4.95. The number of hydrogen-bond acceptors (Lipinski definition) is 2. The molecular weight excluding hydrogens is 320 g/mol. The molecule has 0 radical (unpaired) electrons. The van der Waals surface area contributed by atoms with Crippen molar-refractivity contribution >= 4 is 40.8 Å². The highest BCUT2D eigenvalue weighted by molar-refractivity contribution is 6.35. The summed E-state index contributed by atoms with van der Waals surface area (Å²) >= 11 is 11.6. The molecule has 0 aliphatic heterocycles. The summed E-state index contributed by atoms with van der Waals surface area (Å²) in [5.74, 6) is -3.07. The third kappa shape index (κ3) is 3.51. The van der Waals surface area contributed by atoms with Crippen molar-refractivity contribution in [3.63, 3.8) is 0 Å². The van der Waals surface area contributed by atoms with Crippen molar-refractivity contribution in [3.05, 3.63) is 63.4 Å². The van der Waals surface area contributed by atoms with Crippen LogP contribution in [0.15, 0.2) is 36.4 Å². The van der Waals surface area contributed by atoms with Crippen LogP contribution in [0.3, 0.4) is 0 Å². The van der Waals surface area contributed by atoms with E-state index in [2.05, 4.69) is 5.32 Å².